The number of carbonyl (C=O) groups is 1. The van der Waals surface area contributed by atoms with Crippen molar-refractivity contribution in [1.82, 2.24) is 4.31 Å². The largest absolute Gasteiger partial charge is 0.312 e. The van der Waals surface area contributed by atoms with Gasteiger partial charge in [-0.25, -0.2) is 21.2 Å². The molecular formula is C22H25FN2O5S2. The standard InChI is InChI=1S/C22H25FN2O5S2/c1-31(27,28)18-8-9-20-17(15-18)5-4-12-25(20)22(26)16-10-13-24(14-11-16)32(29,30)21-7-3-2-6-19(21)23/h2-3,6-9,15-16H,4-5,10-14H2,1H3. The maximum absolute atomic E-state index is 14.0. The number of anilines is 1. The van der Waals surface area contributed by atoms with Gasteiger partial charge in [-0.15, -0.1) is 0 Å². The molecule has 2 aliphatic rings. The third-order valence-electron chi connectivity index (χ3n) is 6.12. The van der Waals surface area contributed by atoms with Crippen molar-refractivity contribution >= 4 is 31.5 Å². The van der Waals surface area contributed by atoms with Gasteiger partial charge in [0.15, 0.2) is 9.84 Å². The average Bonchev–Trinajstić information content (AvgIpc) is 2.77. The number of sulfone groups is 1. The van der Waals surface area contributed by atoms with E-state index < -0.39 is 25.7 Å². The van der Waals surface area contributed by atoms with Crippen molar-refractivity contribution in [3.05, 3.63) is 53.8 Å². The molecule has 2 heterocycles. The molecular weight excluding hydrogens is 455 g/mol. The molecule has 2 aromatic rings. The molecule has 4 rings (SSSR count). The maximum atomic E-state index is 14.0. The minimum atomic E-state index is -3.96. The summed E-state index contributed by atoms with van der Waals surface area (Å²) in [4.78, 5) is 14.8. The van der Waals surface area contributed by atoms with Crippen LogP contribution in [0.3, 0.4) is 0 Å². The lowest BCUT2D eigenvalue weighted by Crippen LogP contribution is -2.45. The Morgan fingerprint density at radius 1 is 1.00 bits per heavy atom. The van der Waals surface area contributed by atoms with Crippen LogP contribution in [0, 0.1) is 11.7 Å². The highest BCUT2D eigenvalue weighted by molar-refractivity contribution is 7.90. The van der Waals surface area contributed by atoms with Crippen LogP contribution in [0.25, 0.3) is 0 Å². The van der Waals surface area contributed by atoms with Crippen LogP contribution in [0.4, 0.5) is 10.1 Å². The van der Waals surface area contributed by atoms with Crippen molar-refractivity contribution in [2.75, 3.05) is 30.8 Å². The first-order valence-electron chi connectivity index (χ1n) is 10.5. The van der Waals surface area contributed by atoms with E-state index in [1.54, 1.807) is 17.0 Å². The van der Waals surface area contributed by atoms with Crippen LogP contribution in [0.5, 0.6) is 0 Å². The van der Waals surface area contributed by atoms with Crippen molar-refractivity contribution in [2.24, 2.45) is 5.92 Å². The Bertz CT molecular complexity index is 1250. The van der Waals surface area contributed by atoms with E-state index >= 15 is 0 Å². The first kappa shape index (κ1) is 22.9. The molecule has 0 aromatic heterocycles. The van der Waals surface area contributed by atoms with Crippen LogP contribution < -0.4 is 4.90 Å². The number of hydrogen-bond acceptors (Lipinski definition) is 5. The molecule has 0 unspecified atom stereocenters. The highest BCUT2D eigenvalue weighted by atomic mass is 32.2. The van der Waals surface area contributed by atoms with Crippen molar-refractivity contribution in [3.8, 4) is 0 Å². The number of fused-ring (bicyclic) bond motifs is 1. The lowest BCUT2D eigenvalue weighted by atomic mass is 9.94. The summed E-state index contributed by atoms with van der Waals surface area (Å²) >= 11 is 0. The molecule has 0 spiro atoms. The first-order valence-corrected chi connectivity index (χ1v) is 13.8. The molecule has 7 nitrogen and oxygen atoms in total. The van der Waals surface area contributed by atoms with Crippen LogP contribution >= 0.6 is 0 Å². The number of nitrogens with zero attached hydrogens (tertiary/aromatic N) is 2. The van der Waals surface area contributed by atoms with Gasteiger partial charge >= 0.3 is 0 Å². The van der Waals surface area contributed by atoms with Gasteiger partial charge in [-0.05, 0) is 61.6 Å². The Morgan fingerprint density at radius 2 is 1.69 bits per heavy atom. The topological polar surface area (TPSA) is 91.8 Å². The molecule has 0 atom stereocenters. The normalized spacial score (nSPS) is 18.4. The first-order chi connectivity index (χ1) is 15.1. The Kier molecular flexibility index (Phi) is 6.12. The number of hydrogen-bond donors (Lipinski definition) is 0. The summed E-state index contributed by atoms with van der Waals surface area (Å²) in [5.41, 5.74) is 1.54. The second-order valence-corrected chi connectivity index (χ2v) is 12.2. The van der Waals surface area contributed by atoms with Gasteiger partial charge in [0.1, 0.15) is 10.7 Å². The smallest absolute Gasteiger partial charge is 0.245 e. The highest BCUT2D eigenvalue weighted by Crippen LogP contribution is 2.33. The molecule has 0 bridgehead atoms. The molecule has 10 heteroatoms. The third-order valence-corrected chi connectivity index (χ3v) is 9.16. The molecule has 0 saturated carbocycles. The van der Waals surface area contributed by atoms with Crippen molar-refractivity contribution in [1.29, 1.82) is 0 Å². The van der Waals surface area contributed by atoms with Gasteiger partial charge in [-0.3, -0.25) is 4.79 Å². The molecule has 0 radical (unpaired) electrons. The number of sulfonamides is 1. The Hall–Kier alpha value is -2.30. The van der Waals surface area contributed by atoms with E-state index in [1.807, 2.05) is 0 Å². The number of amides is 1. The number of piperidine rings is 1. The second kappa shape index (κ2) is 8.57. The lowest BCUT2D eigenvalue weighted by Gasteiger charge is -2.36. The van der Waals surface area contributed by atoms with Crippen LogP contribution in [0.2, 0.25) is 0 Å². The van der Waals surface area contributed by atoms with Crippen LogP contribution in [0.15, 0.2) is 52.3 Å². The van der Waals surface area contributed by atoms with Gasteiger partial charge in [0.25, 0.3) is 0 Å². The predicted octanol–water partition coefficient (Wildman–Crippen LogP) is 2.61. The summed E-state index contributed by atoms with van der Waals surface area (Å²) < 4.78 is 64.6. The van der Waals surface area contributed by atoms with E-state index in [-0.39, 0.29) is 34.7 Å². The number of halogens is 1. The van der Waals surface area contributed by atoms with Gasteiger partial charge < -0.3 is 4.90 Å². The predicted molar refractivity (Wildman–Crippen MR) is 118 cm³/mol. The average molecular weight is 481 g/mol. The summed E-state index contributed by atoms with van der Waals surface area (Å²) in [6, 6.07) is 10.1. The van der Waals surface area contributed by atoms with E-state index in [0.717, 1.165) is 30.0 Å². The summed E-state index contributed by atoms with van der Waals surface area (Å²) in [6.45, 7) is 0.819. The van der Waals surface area contributed by atoms with Crippen molar-refractivity contribution in [3.63, 3.8) is 0 Å². The zero-order valence-corrected chi connectivity index (χ0v) is 19.3. The van der Waals surface area contributed by atoms with Gasteiger partial charge in [-0.2, -0.15) is 4.31 Å². The molecule has 1 saturated heterocycles. The quantitative estimate of drug-likeness (QED) is 0.671. The number of benzene rings is 2. The molecule has 172 valence electrons. The monoisotopic (exact) mass is 480 g/mol. The zero-order valence-electron chi connectivity index (χ0n) is 17.7. The fourth-order valence-corrected chi connectivity index (χ4v) is 6.60. The number of carbonyl (C=O) groups excluding carboxylic acids is 1. The minimum absolute atomic E-state index is 0.0824. The zero-order chi connectivity index (χ0) is 23.1. The molecule has 0 N–H and O–H groups in total. The van der Waals surface area contributed by atoms with Gasteiger partial charge in [0.05, 0.1) is 4.90 Å². The van der Waals surface area contributed by atoms with Crippen LogP contribution in [-0.2, 0) is 31.1 Å². The van der Waals surface area contributed by atoms with Gasteiger partial charge in [-0.1, -0.05) is 12.1 Å². The summed E-state index contributed by atoms with van der Waals surface area (Å²) in [7, 11) is -7.29. The minimum Gasteiger partial charge on any atom is -0.312 e. The summed E-state index contributed by atoms with van der Waals surface area (Å²) in [5.74, 6) is -1.22. The summed E-state index contributed by atoms with van der Waals surface area (Å²) in [6.07, 6.45) is 3.28. The lowest BCUT2D eigenvalue weighted by molar-refractivity contribution is -0.123. The molecule has 1 fully saturated rings. The number of aryl methyl sites for hydroxylation is 1. The third kappa shape index (κ3) is 4.31. The molecule has 32 heavy (non-hydrogen) atoms. The van der Waals surface area contributed by atoms with Crippen LogP contribution in [0.1, 0.15) is 24.8 Å². The number of rotatable bonds is 4. The molecule has 2 aromatic carbocycles. The molecule has 0 aliphatic carbocycles. The fraction of sp³-hybridized carbons (Fsp3) is 0.409. The van der Waals surface area contributed by atoms with E-state index in [9.17, 15) is 26.0 Å². The van der Waals surface area contributed by atoms with Crippen LogP contribution in [-0.4, -0.2) is 52.9 Å². The molecule has 1 amide bonds. The highest BCUT2D eigenvalue weighted by Gasteiger charge is 2.36. The van der Waals surface area contributed by atoms with Crippen molar-refractivity contribution in [2.45, 2.75) is 35.5 Å². The van der Waals surface area contributed by atoms with E-state index in [4.69, 9.17) is 0 Å². The van der Waals surface area contributed by atoms with Crippen molar-refractivity contribution < 1.29 is 26.0 Å². The van der Waals surface area contributed by atoms with Gasteiger partial charge in [0.2, 0.25) is 15.9 Å². The SMILES string of the molecule is CS(=O)(=O)c1ccc2c(c1)CCCN2C(=O)C1CCN(S(=O)(=O)c2ccccc2F)CC1. The Labute approximate surface area is 187 Å². The Balaban J connectivity index is 1.49. The maximum Gasteiger partial charge on any atom is 0.245 e. The summed E-state index contributed by atoms with van der Waals surface area (Å²) in [5, 5.41) is 0. The van der Waals surface area contributed by atoms with E-state index in [2.05, 4.69) is 0 Å². The van der Waals surface area contributed by atoms with Gasteiger partial charge in [0, 0.05) is 37.5 Å². The second-order valence-electron chi connectivity index (χ2n) is 8.26. The van der Waals surface area contributed by atoms with E-state index in [1.165, 1.54) is 28.6 Å². The van der Waals surface area contributed by atoms with E-state index in [0.29, 0.717) is 25.8 Å². The Morgan fingerprint density at radius 3 is 2.34 bits per heavy atom. The fourth-order valence-electron chi connectivity index (χ4n) is 4.39. The molecule has 2 aliphatic heterocycles.